The molecule has 2 amide bonds. The van der Waals surface area contributed by atoms with Crippen molar-refractivity contribution >= 4 is 34.8 Å². The van der Waals surface area contributed by atoms with Gasteiger partial charge in [-0.2, -0.15) is 0 Å². The number of carbonyl (C=O) groups is 2. The number of fused-ring (bicyclic) bond motifs is 1. The van der Waals surface area contributed by atoms with Crippen molar-refractivity contribution in [2.75, 3.05) is 42.9 Å². The number of hydrogen-bond donors (Lipinski definition) is 2. The van der Waals surface area contributed by atoms with Gasteiger partial charge in [-0.15, -0.1) is 0 Å². The molecular weight excluding hydrogens is 364 g/mol. The second-order valence-corrected chi connectivity index (χ2v) is 7.23. The van der Waals surface area contributed by atoms with Crippen LogP contribution in [0.15, 0.2) is 48.5 Å². The zero-order valence-corrected chi connectivity index (χ0v) is 15.6. The molecule has 140 valence electrons. The highest BCUT2D eigenvalue weighted by atomic mass is 35.5. The lowest BCUT2D eigenvalue weighted by Crippen LogP contribution is -2.52. The first-order chi connectivity index (χ1) is 13.1. The summed E-state index contributed by atoms with van der Waals surface area (Å²) in [5.74, 6) is -0.250. The van der Waals surface area contributed by atoms with E-state index in [0.717, 1.165) is 30.9 Å². The predicted octanol–water partition coefficient (Wildman–Crippen LogP) is 2.27. The Morgan fingerprint density at radius 3 is 2.89 bits per heavy atom. The lowest BCUT2D eigenvalue weighted by atomic mass is 10.0. The number of halogens is 1. The molecular formula is C20H21ClN4O2. The summed E-state index contributed by atoms with van der Waals surface area (Å²) in [5.41, 5.74) is 2.50. The van der Waals surface area contributed by atoms with Crippen molar-refractivity contribution in [2.45, 2.75) is 6.04 Å². The summed E-state index contributed by atoms with van der Waals surface area (Å²) in [4.78, 5) is 28.8. The molecule has 0 bridgehead atoms. The lowest BCUT2D eigenvalue weighted by molar-refractivity contribution is -0.123. The van der Waals surface area contributed by atoms with Crippen LogP contribution in [0.25, 0.3) is 0 Å². The Bertz CT molecular complexity index is 873. The summed E-state index contributed by atoms with van der Waals surface area (Å²) in [6, 6.07) is 15.2. The van der Waals surface area contributed by atoms with E-state index in [2.05, 4.69) is 15.5 Å². The van der Waals surface area contributed by atoms with Crippen molar-refractivity contribution < 1.29 is 9.59 Å². The Morgan fingerprint density at radius 1 is 1.19 bits per heavy atom. The molecule has 2 aromatic rings. The van der Waals surface area contributed by atoms with Crippen LogP contribution in [0.4, 0.5) is 11.4 Å². The first-order valence-electron chi connectivity index (χ1n) is 9.01. The van der Waals surface area contributed by atoms with Crippen molar-refractivity contribution in [3.05, 3.63) is 59.1 Å². The van der Waals surface area contributed by atoms with Crippen LogP contribution >= 0.6 is 11.6 Å². The quantitative estimate of drug-likeness (QED) is 0.852. The van der Waals surface area contributed by atoms with E-state index in [4.69, 9.17) is 11.6 Å². The summed E-state index contributed by atoms with van der Waals surface area (Å²) in [7, 11) is 0. The van der Waals surface area contributed by atoms with Crippen molar-refractivity contribution in [3.8, 4) is 0 Å². The third-order valence-corrected chi connectivity index (χ3v) is 5.23. The Balaban J connectivity index is 1.55. The smallest absolute Gasteiger partial charge is 0.244 e. The van der Waals surface area contributed by atoms with Crippen molar-refractivity contribution in [1.82, 2.24) is 10.2 Å². The standard InChI is InChI=1S/C20H21ClN4O2/c21-15-5-3-4-14(10-15)18-11-22-8-9-24(18)13-20(27)25-12-19(26)23-16-6-1-2-7-17(16)25/h1-7,10,18,22H,8-9,11-13H2,(H,23,26). The third kappa shape index (κ3) is 3.83. The molecule has 1 saturated heterocycles. The maximum Gasteiger partial charge on any atom is 0.244 e. The van der Waals surface area contributed by atoms with Gasteiger partial charge >= 0.3 is 0 Å². The fourth-order valence-corrected chi connectivity index (χ4v) is 3.89. The van der Waals surface area contributed by atoms with Gasteiger partial charge < -0.3 is 10.6 Å². The zero-order chi connectivity index (χ0) is 18.8. The van der Waals surface area contributed by atoms with Gasteiger partial charge in [0.15, 0.2) is 0 Å². The monoisotopic (exact) mass is 384 g/mol. The van der Waals surface area contributed by atoms with Crippen molar-refractivity contribution in [2.24, 2.45) is 0 Å². The van der Waals surface area contributed by atoms with E-state index in [-0.39, 0.29) is 30.9 Å². The minimum Gasteiger partial charge on any atom is -0.323 e. The second-order valence-electron chi connectivity index (χ2n) is 6.79. The van der Waals surface area contributed by atoms with Crippen LogP contribution in [-0.4, -0.2) is 49.4 Å². The van der Waals surface area contributed by atoms with E-state index in [0.29, 0.717) is 10.7 Å². The summed E-state index contributed by atoms with van der Waals surface area (Å²) < 4.78 is 0. The number of carbonyl (C=O) groups excluding carboxylic acids is 2. The molecule has 4 rings (SSSR count). The number of benzene rings is 2. The second kappa shape index (κ2) is 7.68. The molecule has 1 fully saturated rings. The largest absolute Gasteiger partial charge is 0.323 e. The number of hydrogen-bond acceptors (Lipinski definition) is 4. The van der Waals surface area contributed by atoms with Gasteiger partial charge in [0.1, 0.15) is 6.54 Å². The number of piperazine rings is 1. The lowest BCUT2D eigenvalue weighted by Gasteiger charge is -2.38. The number of rotatable bonds is 3. The number of nitrogens with zero attached hydrogens (tertiary/aromatic N) is 2. The first kappa shape index (κ1) is 18.0. The molecule has 7 heteroatoms. The molecule has 6 nitrogen and oxygen atoms in total. The molecule has 1 unspecified atom stereocenters. The molecule has 2 aromatic carbocycles. The van der Waals surface area contributed by atoms with E-state index in [1.165, 1.54) is 0 Å². The van der Waals surface area contributed by atoms with Gasteiger partial charge in [-0.3, -0.25) is 19.4 Å². The molecule has 0 aliphatic carbocycles. The third-order valence-electron chi connectivity index (χ3n) is 5.00. The SMILES string of the molecule is O=C1CN(C(=O)CN2CCNCC2c2cccc(Cl)c2)c2ccccc2N1. The van der Waals surface area contributed by atoms with E-state index in [9.17, 15) is 9.59 Å². The fraction of sp³-hybridized carbons (Fsp3) is 0.300. The minimum absolute atomic E-state index is 0.0454. The van der Waals surface area contributed by atoms with Gasteiger partial charge in [-0.05, 0) is 29.8 Å². The molecule has 2 aliphatic rings. The number of nitrogens with one attached hydrogen (secondary N) is 2. The molecule has 1 atom stereocenters. The molecule has 0 radical (unpaired) electrons. The summed E-state index contributed by atoms with van der Waals surface area (Å²) in [6.45, 7) is 2.63. The first-order valence-corrected chi connectivity index (χ1v) is 9.39. The van der Waals surface area contributed by atoms with Crippen molar-refractivity contribution in [3.63, 3.8) is 0 Å². The molecule has 0 spiro atoms. The van der Waals surface area contributed by atoms with Gasteiger partial charge in [0.05, 0.1) is 17.9 Å². The van der Waals surface area contributed by atoms with E-state index >= 15 is 0 Å². The molecule has 2 N–H and O–H groups in total. The highest BCUT2D eigenvalue weighted by Crippen LogP contribution is 2.30. The van der Waals surface area contributed by atoms with Crippen LogP contribution in [0.5, 0.6) is 0 Å². The van der Waals surface area contributed by atoms with E-state index in [1.807, 2.05) is 48.5 Å². The van der Waals surface area contributed by atoms with Crippen LogP contribution in [-0.2, 0) is 9.59 Å². The number of amides is 2. The minimum atomic E-state index is -0.172. The van der Waals surface area contributed by atoms with Gasteiger partial charge in [0.2, 0.25) is 11.8 Å². The highest BCUT2D eigenvalue weighted by molar-refractivity contribution is 6.30. The van der Waals surface area contributed by atoms with E-state index in [1.54, 1.807) is 4.90 Å². The number of para-hydroxylation sites is 2. The summed E-state index contributed by atoms with van der Waals surface area (Å²) in [5, 5.41) is 6.89. The van der Waals surface area contributed by atoms with Gasteiger partial charge in [0.25, 0.3) is 0 Å². The van der Waals surface area contributed by atoms with Gasteiger partial charge in [-0.25, -0.2) is 0 Å². The Kier molecular flexibility index (Phi) is 5.11. The zero-order valence-electron chi connectivity index (χ0n) is 14.8. The van der Waals surface area contributed by atoms with Crippen LogP contribution in [0.2, 0.25) is 5.02 Å². The Morgan fingerprint density at radius 2 is 2.04 bits per heavy atom. The fourth-order valence-electron chi connectivity index (χ4n) is 3.69. The molecule has 2 aliphatic heterocycles. The maximum atomic E-state index is 13.1. The molecule has 27 heavy (non-hydrogen) atoms. The average molecular weight is 385 g/mol. The maximum absolute atomic E-state index is 13.1. The van der Waals surface area contributed by atoms with E-state index < -0.39 is 0 Å². The molecule has 2 heterocycles. The summed E-state index contributed by atoms with van der Waals surface area (Å²) >= 11 is 6.15. The predicted molar refractivity (Wildman–Crippen MR) is 106 cm³/mol. The Hall–Kier alpha value is -2.41. The van der Waals surface area contributed by atoms with Crippen LogP contribution < -0.4 is 15.5 Å². The Labute approximate surface area is 163 Å². The summed E-state index contributed by atoms with van der Waals surface area (Å²) in [6.07, 6.45) is 0. The van der Waals surface area contributed by atoms with Gasteiger partial charge in [0, 0.05) is 30.7 Å². The number of anilines is 2. The van der Waals surface area contributed by atoms with Crippen LogP contribution in [0.1, 0.15) is 11.6 Å². The normalized spacial score (nSPS) is 20.1. The topological polar surface area (TPSA) is 64.7 Å². The van der Waals surface area contributed by atoms with Crippen LogP contribution in [0, 0.1) is 0 Å². The van der Waals surface area contributed by atoms with Crippen molar-refractivity contribution in [1.29, 1.82) is 0 Å². The molecule has 0 aromatic heterocycles. The average Bonchev–Trinajstić information content (AvgIpc) is 2.67. The molecule has 0 saturated carbocycles. The van der Waals surface area contributed by atoms with Gasteiger partial charge in [-0.1, -0.05) is 35.9 Å². The van der Waals surface area contributed by atoms with Crippen LogP contribution in [0.3, 0.4) is 0 Å². The highest BCUT2D eigenvalue weighted by Gasteiger charge is 2.31.